The number of thiazole rings is 1. The quantitative estimate of drug-likeness (QED) is 0.333. The summed E-state index contributed by atoms with van der Waals surface area (Å²) >= 11 is 1.56. The van der Waals surface area contributed by atoms with Crippen LogP contribution in [0.25, 0.3) is 10.2 Å². The van der Waals surface area contributed by atoms with Gasteiger partial charge < -0.3 is 4.90 Å². The molecule has 0 aliphatic rings. The summed E-state index contributed by atoms with van der Waals surface area (Å²) in [5.41, 5.74) is 5.45. The van der Waals surface area contributed by atoms with Crippen LogP contribution in [0, 0.1) is 6.92 Å². The lowest BCUT2D eigenvalue weighted by Gasteiger charge is -2.24. The fourth-order valence-corrected chi connectivity index (χ4v) is 3.92. The number of nitrogens with zero attached hydrogens (tertiary/aromatic N) is 4. The second kappa shape index (κ2) is 8.31. The number of anilines is 1. The zero-order chi connectivity index (χ0) is 19.3. The van der Waals surface area contributed by atoms with Gasteiger partial charge in [-0.2, -0.15) is 0 Å². The van der Waals surface area contributed by atoms with Gasteiger partial charge in [0.05, 0.1) is 15.9 Å². The number of aromatic nitrogens is 1. The summed E-state index contributed by atoms with van der Waals surface area (Å²) < 4.78 is 1.13. The first-order valence-corrected chi connectivity index (χ1v) is 10.2. The van der Waals surface area contributed by atoms with Crippen molar-refractivity contribution in [2.24, 2.45) is 10.2 Å². The smallest absolute Gasteiger partial charge is 0.231 e. The Morgan fingerprint density at radius 1 is 0.929 bits per heavy atom. The average Bonchev–Trinajstić information content (AvgIpc) is 3.15. The number of fused-ring (bicyclic) bond motifs is 1. The van der Waals surface area contributed by atoms with Crippen LogP contribution in [-0.4, -0.2) is 11.5 Å². The number of rotatable bonds is 6. The molecule has 3 aromatic carbocycles. The van der Waals surface area contributed by atoms with E-state index in [-0.39, 0.29) is 0 Å². The summed E-state index contributed by atoms with van der Waals surface area (Å²) in [6.45, 7) is 6.09. The summed E-state index contributed by atoms with van der Waals surface area (Å²) in [6, 6.07) is 24.9. The molecule has 0 fully saturated rings. The molecule has 28 heavy (non-hydrogen) atoms. The van der Waals surface area contributed by atoms with E-state index in [1.165, 1.54) is 11.3 Å². The first-order valence-electron chi connectivity index (χ1n) is 9.40. The van der Waals surface area contributed by atoms with Crippen LogP contribution in [0.15, 0.2) is 83.0 Å². The maximum absolute atomic E-state index is 4.51. The highest BCUT2D eigenvalue weighted by Gasteiger charge is 2.08. The van der Waals surface area contributed by atoms with Crippen molar-refractivity contribution in [2.45, 2.75) is 20.4 Å². The van der Waals surface area contributed by atoms with E-state index >= 15 is 0 Å². The predicted octanol–water partition coefficient (Wildman–Crippen LogP) is 7.05. The Morgan fingerprint density at radius 2 is 1.71 bits per heavy atom. The lowest BCUT2D eigenvalue weighted by Crippen LogP contribution is -2.21. The molecule has 0 bridgehead atoms. The predicted molar refractivity (Wildman–Crippen MR) is 118 cm³/mol. The van der Waals surface area contributed by atoms with Gasteiger partial charge in [-0.3, -0.25) is 0 Å². The van der Waals surface area contributed by atoms with E-state index < -0.39 is 0 Å². The van der Waals surface area contributed by atoms with Gasteiger partial charge in [-0.15, -0.1) is 10.2 Å². The van der Waals surface area contributed by atoms with Crippen molar-refractivity contribution in [1.82, 2.24) is 4.98 Å². The fourth-order valence-electron chi connectivity index (χ4n) is 3.14. The van der Waals surface area contributed by atoms with Crippen molar-refractivity contribution >= 4 is 38.1 Å². The molecular weight excluding hydrogens is 364 g/mol. The van der Waals surface area contributed by atoms with Gasteiger partial charge in [-0.1, -0.05) is 53.8 Å². The van der Waals surface area contributed by atoms with Gasteiger partial charge in [0.25, 0.3) is 0 Å². The monoisotopic (exact) mass is 386 g/mol. The van der Waals surface area contributed by atoms with Gasteiger partial charge in [0.1, 0.15) is 0 Å². The molecule has 0 saturated carbocycles. The number of hydrogen-bond acceptors (Lipinski definition) is 5. The van der Waals surface area contributed by atoms with Gasteiger partial charge in [0, 0.05) is 18.8 Å². The lowest BCUT2D eigenvalue weighted by molar-refractivity contribution is 0.831. The minimum atomic E-state index is 0.684. The summed E-state index contributed by atoms with van der Waals surface area (Å²) in [4.78, 5) is 6.87. The minimum absolute atomic E-state index is 0.684. The van der Waals surface area contributed by atoms with E-state index in [4.69, 9.17) is 0 Å². The molecule has 4 rings (SSSR count). The third-order valence-corrected chi connectivity index (χ3v) is 5.59. The summed E-state index contributed by atoms with van der Waals surface area (Å²) in [6.07, 6.45) is 0. The lowest BCUT2D eigenvalue weighted by atomic mass is 10.1. The van der Waals surface area contributed by atoms with Crippen molar-refractivity contribution in [3.05, 3.63) is 83.9 Å². The van der Waals surface area contributed by atoms with E-state index in [2.05, 4.69) is 82.5 Å². The normalized spacial score (nSPS) is 11.4. The molecule has 5 heteroatoms. The molecule has 0 atom stereocenters. The SMILES string of the molecule is CCN(Cc1ccccc1)c1ccc(N=Nc2nc3ccccc3s2)c(C)c1. The van der Waals surface area contributed by atoms with Gasteiger partial charge in [0.15, 0.2) is 0 Å². The molecule has 0 amide bonds. The molecule has 4 aromatic rings. The van der Waals surface area contributed by atoms with Crippen molar-refractivity contribution in [1.29, 1.82) is 0 Å². The highest BCUT2D eigenvalue weighted by molar-refractivity contribution is 7.21. The standard InChI is InChI=1S/C23H22N4S/c1-3-27(16-18-9-5-4-6-10-18)19-13-14-20(17(2)15-19)25-26-23-24-21-11-7-8-12-22(21)28-23/h4-15H,3,16H2,1-2H3. The third-order valence-electron chi connectivity index (χ3n) is 4.67. The van der Waals surface area contributed by atoms with Gasteiger partial charge >= 0.3 is 0 Å². The molecule has 1 aromatic heterocycles. The van der Waals surface area contributed by atoms with Crippen LogP contribution in [0.1, 0.15) is 18.1 Å². The van der Waals surface area contributed by atoms with E-state index in [0.717, 1.165) is 34.6 Å². The summed E-state index contributed by atoms with van der Waals surface area (Å²) in [5.74, 6) is 0. The molecular formula is C23H22N4S. The maximum atomic E-state index is 4.51. The molecule has 0 spiro atoms. The third kappa shape index (κ3) is 4.10. The van der Waals surface area contributed by atoms with E-state index in [1.807, 2.05) is 24.3 Å². The molecule has 0 unspecified atom stereocenters. The summed E-state index contributed by atoms with van der Waals surface area (Å²) in [5, 5.41) is 9.48. The van der Waals surface area contributed by atoms with Crippen LogP contribution >= 0.6 is 11.3 Å². The Morgan fingerprint density at radius 3 is 2.46 bits per heavy atom. The van der Waals surface area contributed by atoms with Crippen LogP contribution in [-0.2, 0) is 6.54 Å². The Balaban J connectivity index is 1.53. The zero-order valence-corrected chi connectivity index (χ0v) is 16.9. The highest BCUT2D eigenvalue weighted by Crippen LogP contribution is 2.31. The molecule has 0 aliphatic heterocycles. The van der Waals surface area contributed by atoms with Crippen LogP contribution in [0.4, 0.5) is 16.5 Å². The highest BCUT2D eigenvalue weighted by atomic mass is 32.1. The first-order chi connectivity index (χ1) is 13.7. The van der Waals surface area contributed by atoms with Gasteiger partial charge in [-0.05, 0) is 55.3 Å². The van der Waals surface area contributed by atoms with Crippen molar-refractivity contribution in [3.8, 4) is 0 Å². The van der Waals surface area contributed by atoms with Crippen LogP contribution in [0.3, 0.4) is 0 Å². The van der Waals surface area contributed by atoms with Crippen LogP contribution < -0.4 is 4.90 Å². The number of hydrogen-bond donors (Lipinski definition) is 0. The van der Waals surface area contributed by atoms with Gasteiger partial charge in [0.2, 0.25) is 5.13 Å². The molecule has 0 aliphatic carbocycles. The molecule has 0 N–H and O–H groups in total. The van der Waals surface area contributed by atoms with E-state index in [0.29, 0.717) is 5.13 Å². The average molecular weight is 387 g/mol. The first kappa shape index (κ1) is 18.3. The molecule has 140 valence electrons. The summed E-state index contributed by atoms with van der Waals surface area (Å²) in [7, 11) is 0. The fraction of sp³-hybridized carbons (Fsp3) is 0.174. The maximum Gasteiger partial charge on any atom is 0.231 e. The number of para-hydroxylation sites is 1. The Kier molecular flexibility index (Phi) is 5.44. The second-order valence-corrected chi connectivity index (χ2v) is 7.64. The number of azo groups is 1. The number of aryl methyl sites for hydroxylation is 1. The Hall–Kier alpha value is -3.05. The molecule has 1 heterocycles. The van der Waals surface area contributed by atoms with Crippen LogP contribution in [0.5, 0.6) is 0 Å². The van der Waals surface area contributed by atoms with Crippen molar-refractivity contribution in [3.63, 3.8) is 0 Å². The number of benzene rings is 3. The zero-order valence-electron chi connectivity index (χ0n) is 16.0. The van der Waals surface area contributed by atoms with Crippen molar-refractivity contribution < 1.29 is 0 Å². The van der Waals surface area contributed by atoms with Crippen molar-refractivity contribution in [2.75, 3.05) is 11.4 Å². The van der Waals surface area contributed by atoms with E-state index in [9.17, 15) is 0 Å². The molecule has 4 nitrogen and oxygen atoms in total. The molecule has 0 radical (unpaired) electrons. The van der Waals surface area contributed by atoms with Crippen LogP contribution in [0.2, 0.25) is 0 Å². The topological polar surface area (TPSA) is 40.9 Å². The second-order valence-electron chi connectivity index (χ2n) is 6.63. The van der Waals surface area contributed by atoms with Gasteiger partial charge in [-0.25, -0.2) is 4.98 Å². The largest absolute Gasteiger partial charge is 0.367 e. The Bertz CT molecular complexity index is 1070. The minimum Gasteiger partial charge on any atom is -0.367 e. The van der Waals surface area contributed by atoms with E-state index in [1.54, 1.807) is 11.3 Å². The molecule has 0 saturated heterocycles. The Labute approximate surface area is 169 Å².